The van der Waals surface area contributed by atoms with Crippen molar-refractivity contribution in [1.82, 2.24) is 9.55 Å². The van der Waals surface area contributed by atoms with Crippen molar-refractivity contribution in [3.05, 3.63) is 66.1 Å². The smallest absolute Gasteiger partial charge is 0.337 e. The van der Waals surface area contributed by atoms with E-state index in [4.69, 9.17) is 5.73 Å². The third kappa shape index (κ3) is 2.33. The topological polar surface area (TPSA) is 81.1 Å². The molecule has 5 nitrogen and oxygen atoms in total. The Hall–Kier alpha value is -3.08. The Labute approximate surface area is 127 Å². The van der Waals surface area contributed by atoms with Gasteiger partial charge >= 0.3 is 5.97 Å². The van der Waals surface area contributed by atoms with Crippen molar-refractivity contribution in [2.24, 2.45) is 0 Å². The number of nitrogen functional groups attached to an aromatic ring is 1. The summed E-state index contributed by atoms with van der Waals surface area (Å²) in [5, 5.41) is 9.39. The number of anilines is 1. The van der Waals surface area contributed by atoms with Crippen LogP contribution in [0.1, 0.15) is 16.1 Å². The number of aromatic nitrogens is 2. The summed E-state index contributed by atoms with van der Waals surface area (Å²) in [5.41, 5.74) is 9.83. The highest BCUT2D eigenvalue weighted by atomic mass is 16.4. The van der Waals surface area contributed by atoms with Crippen molar-refractivity contribution in [3.63, 3.8) is 0 Å². The van der Waals surface area contributed by atoms with Crippen LogP contribution in [0.5, 0.6) is 0 Å². The molecule has 0 radical (unpaired) electrons. The summed E-state index contributed by atoms with van der Waals surface area (Å²) >= 11 is 0. The second-order valence-corrected chi connectivity index (χ2v) is 5.00. The second kappa shape index (κ2) is 5.37. The van der Waals surface area contributed by atoms with Crippen LogP contribution in [0.4, 0.5) is 5.69 Å². The molecule has 3 rings (SSSR count). The van der Waals surface area contributed by atoms with Crippen LogP contribution >= 0.6 is 0 Å². The van der Waals surface area contributed by atoms with Gasteiger partial charge in [-0.15, -0.1) is 0 Å². The molecule has 0 bridgehead atoms. The first-order valence-corrected chi connectivity index (χ1v) is 6.80. The number of aromatic carboxylic acids is 1. The lowest BCUT2D eigenvalue weighted by molar-refractivity contribution is 0.0696. The van der Waals surface area contributed by atoms with Crippen LogP contribution in [0, 0.1) is 6.92 Å². The lowest BCUT2D eigenvalue weighted by Gasteiger charge is -2.11. The number of hydrogen-bond donors (Lipinski definition) is 2. The normalized spacial score (nSPS) is 10.6. The molecule has 22 heavy (non-hydrogen) atoms. The predicted molar refractivity (Wildman–Crippen MR) is 85.1 cm³/mol. The van der Waals surface area contributed by atoms with Crippen LogP contribution in [-0.4, -0.2) is 20.6 Å². The van der Waals surface area contributed by atoms with E-state index < -0.39 is 5.97 Å². The minimum Gasteiger partial charge on any atom is -0.478 e. The van der Waals surface area contributed by atoms with E-state index in [1.54, 1.807) is 37.5 Å². The molecule has 1 aromatic carbocycles. The summed E-state index contributed by atoms with van der Waals surface area (Å²) in [4.78, 5) is 15.6. The van der Waals surface area contributed by atoms with Crippen LogP contribution in [0.25, 0.3) is 16.9 Å². The number of carboxylic acid groups (broad SMARTS) is 1. The first kappa shape index (κ1) is 13.9. The van der Waals surface area contributed by atoms with E-state index in [0.717, 1.165) is 16.9 Å². The lowest BCUT2D eigenvalue weighted by Crippen LogP contribution is -2.02. The molecule has 0 saturated carbocycles. The first-order chi connectivity index (χ1) is 10.6. The molecule has 0 spiro atoms. The maximum absolute atomic E-state index is 11.5. The van der Waals surface area contributed by atoms with Gasteiger partial charge in [0.05, 0.1) is 23.1 Å². The summed E-state index contributed by atoms with van der Waals surface area (Å²) in [6.07, 6.45) is 3.39. The maximum atomic E-state index is 11.5. The highest BCUT2D eigenvalue weighted by Gasteiger charge is 2.18. The highest BCUT2D eigenvalue weighted by molar-refractivity contribution is 5.91. The Balaban J connectivity index is 2.27. The minimum absolute atomic E-state index is 0.274. The van der Waals surface area contributed by atoms with E-state index in [0.29, 0.717) is 11.4 Å². The molecule has 0 atom stereocenters. The molecule has 0 fully saturated rings. The fourth-order valence-electron chi connectivity index (χ4n) is 2.51. The van der Waals surface area contributed by atoms with Crippen molar-refractivity contribution in [2.75, 3.05) is 5.73 Å². The van der Waals surface area contributed by atoms with Crippen LogP contribution in [0.15, 0.2) is 54.9 Å². The van der Waals surface area contributed by atoms with Gasteiger partial charge in [0.1, 0.15) is 0 Å². The largest absolute Gasteiger partial charge is 0.478 e. The number of carbonyl (C=O) groups is 1. The second-order valence-electron chi connectivity index (χ2n) is 5.00. The maximum Gasteiger partial charge on any atom is 0.337 e. The number of benzene rings is 1. The van der Waals surface area contributed by atoms with Gasteiger partial charge in [0.15, 0.2) is 0 Å². The van der Waals surface area contributed by atoms with Crippen molar-refractivity contribution >= 4 is 11.7 Å². The third-order valence-electron chi connectivity index (χ3n) is 3.59. The molecule has 0 unspecified atom stereocenters. The van der Waals surface area contributed by atoms with E-state index in [1.807, 2.05) is 28.8 Å². The van der Waals surface area contributed by atoms with E-state index in [1.165, 1.54) is 0 Å². The molecule has 0 aliphatic rings. The Morgan fingerprint density at radius 1 is 1.23 bits per heavy atom. The van der Waals surface area contributed by atoms with E-state index >= 15 is 0 Å². The van der Waals surface area contributed by atoms with Gasteiger partial charge in [0.25, 0.3) is 0 Å². The van der Waals surface area contributed by atoms with Crippen molar-refractivity contribution in [3.8, 4) is 16.9 Å². The van der Waals surface area contributed by atoms with Crippen molar-refractivity contribution in [1.29, 1.82) is 0 Å². The summed E-state index contributed by atoms with van der Waals surface area (Å²) in [6, 6.07) is 12.7. The van der Waals surface area contributed by atoms with Crippen molar-refractivity contribution < 1.29 is 9.90 Å². The van der Waals surface area contributed by atoms with Crippen LogP contribution < -0.4 is 5.73 Å². The number of rotatable bonds is 3. The molecular formula is C17H15N3O2. The number of nitrogens with zero attached hydrogens (tertiary/aromatic N) is 2. The molecule has 2 heterocycles. The van der Waals surface area contributed by atoms with Gasteiger partial charge in [-0.25, -0.2) is 4.79 Å². The van der Waals surface area contributed by atoms with Crippen LogP contribution in [0.3, 0.4) is 0 Å². The lowest BCUT2D eigenvalue weighted by atomic mass is 10.1. The molecule has 2 aromatic heterocycles. The van der Waals surface area contributed by atoms with Crippen LogP contribution in [-0.2, 0) is 0 Å². The standard InChI is InChI=1S/C17H15N3O2/c1-11-15(17(21)22)9-16(12-4-6-13(18)7-5-12)20(11)14-3-2-8-19-10-14/h2-10H,18H2,1H3,(H,21,22). The van der Waals surface area contributed by atoms with Gasteiger partial charge in [0.2, 0.25) is 0 Å². The molecule has 0 aliphatic carbocycles. The fraction of sp³-hybridized carbons (Fsp3) is 0.0588. The number of nitrogens with two attached hydrogens (primary N) is 1. The Bertz CT molecular complexity index is 821. The quantitative estimate of drug-likeness (QED) is 0.727. The Kier molecular flexibility index (Phi) is 3.39. The highest BCUT2D eigenvalue weighted by Crippen LogP contribution is 2.29. The zero-order valence-corrected chi connectivity index (χ0v) is 12.0. The number of hydrogen-bond acceptors (Lipinski definition) is 3. The zero-order valence-electron chi connectivity index (χ0n) is 12.0. The SMILES string of the molecule is Cc1c(C(=O)O)cc(-c2ccc(N)cc2)n1-c1cccnc1. The van der Waals surface area contributed by atoms with Gasteiger partial charge in [-0.3, -0.25) is 4.98 Å². The molecule has 0 saturated heterocycles. The monoisotopic (exact) mass is 293 g/mol. The average Bonchev–Trinajstić information content (AvgIpc) is 2.86. The van der Waals surface area contributed by atoms with E-state index in [2.05, 4.69) is 4.98 Å². The van der Waals surface area contributed by atoms with Crippen molar-refractivity contribution in [2.45, 2.75) is 6.92 Å². The molecule has 0 aliphatic heterocycles. The fourth-order valence-corrected chi connectivity index (χ4v) is 2.51. The number of pyridine rings is 1. The van der Waals surface area contributed by atoms with Crippen LogP contribution in [0.2, 0.25) is 0 Å². The molecule has 3 N–H and O–H groups in total. The molecule has 110 valence electrons. The third-order valence-corrected chi connectivity index (χ3v) is 3.59. The molecule has 5 heteroatoms. The summed E-state index contributed by atoms with van der Waals surface area (Å²) in [5.74, 6) is -0.947. The van der Waals surface area contributed by atoms with Gasteiger partial charge in [-0.05, 0) is 42.8 Å². The van der Waals surface area contributed by atoms with E-state index in [9.17, 15) is 9.90 Å². The number of carboxylic acids is 1. The van der Waals surface area contributed by atoms with Gasteiger partial charge in [-0.2, -0.15) is 0 Å². The Morgan fingerprint density at radius 2 is 1.95 bits per heavy atom. The predicted octanol–water partition coefficient (Wildman–Crippen LogP) is 3.13. The van der Waals surface area contributed by atoms with Gasteiger partial charge in [-0.1, -0.05) is 12.1 Å². The van der Waals surface area contributed by atoms with Gasteiger partial charge < -0.3 is 15.4 Å². The summed E-state index contributed by atoms with van der Waals surface area (Å²) in [6.45, 7) is 1.79. The summed E-state index contributed by atoms with van der Waals surface area (Å²) in [7, 11) is 0. The summed E-state index contributed by atoms with van der Waals surface area (Å²) < 4.78 is 1.89. The molecule has 0 amide bonds. The Morgan fingerprint density at radius 3 is 2.55 bits per heavy atom. The minimum atomic E-state index is -0.947. The van der Waals surface area contributed by atoms with Gasteiger partial charge in [0, 0.05) is 17.6 Å². The average molecular weight is 293 g/mol. The zero-order chi connectivity index (χ0) is 15.7. The molecule has 3 aromatic rings. The molecular weight excluding hydrogens is 278 g/mol. The first-order valence-electron chi connectivity index (χ1n) is 6.80. The van der Waals surface area contributed by atoms with E-state index in [-0.39, 0.29) is 5.56 Å².